The van der Waals surface area contributed by atoms with Crippen LogP contribution in [0.3, 0.4) is 0 Å². The number of halogens is 4. The predicted octanol–water partition coefficient (Wildman–Crippen LogP) is 5.84. The molecule has 1 saturated heterocycles. The summed E-state index contributed by atoms with van der Waals surface area (Å²) in [5.41, 5.74) is -2.60. The number of hydrogen-bond donors (Lipinski definition) is 0. The number of likely N-dealkylation sites (N-methyl/N-ethyl adjacent to an activating group) is 1. The molecule has 178 valence electrons. The number of benzene rings is 1. The van der Waals surface area contributed by atoms with Crippen molar-refractivity contribution in [2.24, 2.45) is 0 Å². The van der Waals surface area contributed by atoms with Crippen molar-refractivity contribution in [3.05, 3.63) is 47.4 Å². The fourth-order valence-electron chi connectivity index (χ4n) is 4.57. The Kier molecular flexibility index (Phi) is 5.01. The lowest BCUT2D eigenvalue weighted by Gasteiger charge is -2.31. The van der Waals surface area contributed by atoms with Crippen LogP contribution in [-0.4, -0.2) is 43.1 Å². The SMILES string of the molecule is CC(C)(C)OC(=O)[N+]1(C)CC(C)(C)c2cc(C3(C(F)(F)F)CO3)nc(-c3ccc(F)cc3)c21. The minimum atomic E-state index is -4.65. The highest BCUT2D eigenvalue weighted by atomic mass is 19.4. The Labute approximate surface area is 189 Å². The molecule has 0 radical (unpaired) electrons. The standard InChI is InChI=1S/C24H27F4N2O3/c1-21(2,3)33-20(31)30(6)12-22(4,5)16-11-17(23(13-32-23)24(26,27)28)29-18(19(16)30)14-7-9-15(25)10-8-14/h7-11H,12-13H2,1-6H3/q+1. The van der Waals surface area contributed by atoms with E-state index in [4.69, 9.17) is 9.47 Å². The number of amides is 1. The highest BCUT2D eigenvalue weighted by molar-refractivity contribution is 5.92. The molecule has 1 aromatic carbocycles. The van der Waals surface area contributed by atoms with Crippen molar-refractivity contribution in [3.8, 4) is 11.3 Å². The van der Waals surface area contributed by atoms with Crippen LogP contribution in [0, 0.1) is 5.82 Å². The molecule has 1 amide bonds. The first-order valence-corrected chi connectivity index (χ1v) is 10.6. The topological polar surface area (TPSA) is 51.7 Å². The number of fused-ring (bicyclic) bond motifs is 1. The van der Waals surface area contributed by atoms with Crippen LogP contribution in [0.2, 0.25) is 0 Å². The number of rotatable bonds is 2. The summed E-state index contributed by atoms with van der Waals surface area (Å²) in [6, 6.07) is 6.71. The molecule has 0 N–H and O–H groups in total. The number of ether oxygens (including phenoxy) is 2. The molecule has 2 aliphatic rings. The zero-order chi connectivity index (χ0) is 24.6. The quantitative estimate of drug-likeness (QED) is 0.316. The molecule has 2 atom stereocenters. The average molecular weight is 467 g/mol. The lowest BCUT2D eigenvalue weighted by atomic mass is 9.85. The summed E-state index contributed by atoms with van der Waals surface area (Å²) >= 11 is 0. The van der Waals surface area contributed by atoms with Gasteiger partial charge in [-0.25, -0.2) is 9.37 Å². The fourth-order valence-corrected chi connectivity index (χ4v) is 4.57. The van der Waals surface area contributed by atoms with E-state index in [1.165, 1.54) is 30.3 Å². The van der Waals surface area contributed by atoms with Crippen molar-refractivity contribution in [2.75, 3.05) is 20.2 Å². The maximum atomic E-state index is 13.9. The maximum absolute atomic E-state index is 13.9. The van der Waals surface area contributed by atoms with Gasteiger partial charge in [0, 0.05) is 16.5 Å². The Bertz CT molecular complexity index is 1120. The van der Waals surface area contributed by atoms with Crippen LogP contribution in [0.15, 0.2) is 30.3 Å². The van der Waals surface area contributed by atoms with Crippen LogP contribution in [-0.2, 0) is 20.5 Å². The molecule has 9 heteroatoms. The van der Waals surface area contributed by atoms with Gasteiger partial charge in [0.05, 0.1) is 19.3 Å². The van der Waals surface area contributed by atoms with Gasteiger partial charge in [0.2, 0.25) is 5.60 Å². The number of nitrogens with zero attached hydrogens (tertiary/aromatic N) is 2. The molecule has 2 aromatic rings. The van der Waals surface area contributed by atoms with Crippen LogP contribution in [0.5, 0.6) is 0 Å². The number of epoxide rings is 1. The Morgan fingerprint density at radius 1 is 1.15 bits per heavy atom. The van der Waals surface area contributed by atoms with Gasteiger partial charge < -0.3 is 9.47 Å². The van der Waals surface area contributed by atoms with Crippen molar-refractivity contribution in [1.82, 2.24) is 9.47 Å². The van der Waals surface area contributed by atoms with Gasteiger partial charge in [-0.2, -0.15) is 22.4 Å². The van der Waals surface area contributed by atoms with E-state index in [0.717, 1.165) is 0 Å². The first-order valence-electron chi connectivity index (χ1n) is 10.6. The van der Waals surface area contributed by atoms with Crippen LogP contribution in [0.4, 0.5) is 28.0 Å². The van der Waals surface area contributed by atoms with E-state index in [2.05, 4.69) is 4.98 Å². The third kappa shape index (κ3) is 3.81. The summed E-state index contributed by atoms with van der Waals surface area (Å²) in [7, 11) is 1.67. The molecular weight excluding hydrogens is 440 g/mol. The van der Waals surface area contributed by atoms with Gasteiger partial charge in [-0.1, -0.05) is 13.8 Å². The summed E-state index contributed by atoms with van der Waals surface area (Å²) in [6.07, 6.45) is -5.19. The van der Waals surface area contributed by atoms with Crippen molar-refractivity contribution < 1.29 is 31.8 Å². The summed E-state index contributed by atoms with van der Waals surface area (Å²) in [6.45, 7) is 8.72. The average Bonchev–Trinajstić information content (AvgIpc) is 3.44. The van der Waals surface area contributed by atoms with Crippen LogP contribution >= 0.6 is 0 Å². The minimum Gasteiger partial charge on any atom is -0.414 e. The van der Waals surface area contributed by atoms with Gasteiger partial charge in [0.15, 0.2) is 5.69 Å². The predicted molar refractivity (Wildman–Crippen MR) is 115 cm³/mol. The first-order chi connectivity index (χ1) is 15.0. The Morgan fingerprint density at radius 3 is 2.21 bits per heavy atom. The highest BCUT2D eigenvalue weighted by Gasteiger charge is 2.69. The molecule has 0 bridgehead atoms. The van der Waals surface area contributed by atoms with E-state index in [9.17, 15) is 22.4 Å². The van der Waals surface area contributed by atoms with Gasteiger partial charge in [0.1, 0.15) is 23.7 Å². The van der Waals surface area contributed by atoms with Gasteiger partial charge in [-0.05, 0) is 51.1 Å². The number of carbonyl (C=O) groups is 1. The number of alkyl halides is 3. The molecule has 33 heavy (non-hydrogen) atoms. The van der Waals surface area contributed by atoms with Gasteiger partial charge >= 0.3 is 12.3 Å². The molecular formula is C24H27F4N2O3+. The fraction of sp³-hybridized carbons (Fsp3) is 0.500. The molecule has 0 spiro atoms. The summed E-state index contributed by atoms with van der Waals surface area (Å²) in [5.74, 6) is -0.492. The molecule has 2 aliphatic heterocycles. The molecule has 2 unspecified atom stereocenters. The Morgan fingerprint density at radius 2 is 1.73 bits per heavy atom. The second-order valence-electron chi connectivity index (χ2n) is 10.6. The maximum Gasteiger partial charge on any atom is 0.521 e. The van der Waals surface area contributed by atoms with Gasteiger partial charge in [-0.3, -0.25) is 0 Å². The molecule has 1 aromatic heterocycles. The Balaban J connectivity index is 2.00. The van der Waals surface area contributed by atoms with Crippen molar-refractivity contribution in [1.29, 1.82) is 0 Å². The lowest BCUT2D eigenvalue weighted by Crippen LogP contribution is -2.53. The van der Waals surface area contributed by atoms with Crippen molar-refractivity contribution in [2.45, 2.75) is 57.4 Å². The van der Waals surface area contributed by atoms with Gasteiger partial charge in [-0.15, -0.1) is 0 Å². The van der Waals surface area contributed by atoms with E-state index in [0.29, 0.717) is 16.8 Å². The molecule has 5 nitrogen and oxygen atoms in total. The molecule has 1 fully saturated rings. The minimum absolute atomic E-state index is 0.181. The third-order valence-electron chi connectivity index (χ3n) is 6.15. The number of carbonyl (C=O) groups excluding carboxylic acids is 1. The lowest BCUT2D eigenvalue weighted by molar-refractivity contribution is -0.188. The second kappa shape index (κ2) is 6.99. The zero-order valence-electron chi connectivity index (χ0n) is 19.4. The second-order valence-corrected chi connectivity index (χ2v) is 10.6. The van der Waals surface area contributed by atoms with E-state index in [-0.39, 0.29) is 22.4 Å². The van der Waals surface area contributed by atoms with Crippen LogP contribution < -0.4 is 4.48 Å². The van der Waals surface area contributed by atoms with Crippen LogP contribution in [0.25, 0.3) is 11.3 Å². The first kappa shape index (κ1) is 23.6. The van der Waals surface area contributed by atoms with E-state index in [1.54, 1.807) is 27.8 Å². The summed E-state index contributed by atoms with van der Waals surface area (Å²) in [4.78, 5) is 17.8. The number of hydrogen-bond acceptors (Lipinski definition) is 4. The molecule has 0 saturated carbocycles. The molecule has 4 rings (SSSR count). The van der Waals surface area contributed by atoms with Gasteiger partial charge in [0.25, 0.3) is 0 Å². The molecule has 3 heterocycles. The normalized spacial score (nSPS) is 26.1. The zero-order valence-corrected chi connectivity index (χ0v) is 19.4. The number of aromatic nitrogens is 1. The highest BCUT2D eigenvalue weighted by Crippen LogP contribution is 2.55. The van der Waals surface area contributed by atoms with E-state index in [1.807, 2.05) is 13.8 Å². The monoisotopic (exact) mass is 467 g/mol. The number of pyridine rings is 1. The third-order valence-corrected chi connectivity index (χ3v) is 6.15. The van der Waals surface area contributed by atoms with E-state index < -0.39 is 41.3 Å². The number of quaternary nitrogens is 1. The van der Waals surface area contributed by atoms with Crippen LogP contribution in [0.1, 0.15) is 45.9 Å². The largest absolute Gasteiger partial charge is 0.521 e. The summed E-state index contributed by atoms with van der Waals surface area (Å²) in [5, 5.41) is 0. The van der Waals surface area contributed by atoms with E-state index >= 15 is 0 Å². The Hall–Kier alpha value is -2.52. The van der Waals surface area contributed by atoms with Crippen molar-refractivity contribution in [3.63, 3.8) is 0 Å². The summed E-state index contributed by atoms with van der Waals surface area (Å²) < 4.78 is 65.6. The van der Waals surface area contributed by atoms with Crippen molar-refractivity contribution >= 4 is 11.8 Å². The molecule has 0 aliphatic carbocycles. The smallest absolute Gasteiger partial charge is 0.414 e.